The van der Waals surface area contributed by atoms with Gasteiger partial charge in [0.1, 0.15) is 17.2 Å². The van der Waals surface area contributed by atoms with Gasteiger partial charge in [-0.05, 0) is 12.2 Å². The molecular formula is C11H17N3O2S. The summed E-state index contributed by atoms with van der Waals surface area (Å²) >= 11 is 1.55. The fourth-order valence-electron chi connectivity index (χ4n) is 1.40. The molecule has 0 fully saturated rings. The summed E-state index contributed by atoms with van der Waals surface area (Å²) in [4.78, 5) is 18.8. The van der Waals surface area contributed by atoms with Crippen molar-refractivity contribution >= 4 is 23.5 Å². The van der Waals surface area contributed by atoms with Crippen molar-refractivity contribution in [2.75, 3.05) is 18.1 Å². The van der Waals surface area contributed by atoms with E-state index in [2.05, 4.69) is 15.3 Å². The molecule has 1 aromatic heterocycles. The van der Waals surface area contributed by atoms with E-state index in [1.807, 2.05) is 19.2 Å². The van der Waals surface area contributed by atoms with E-state index < -0.39 is 5.97 Å². The van der Waals surface area contributed by atoms with E-state index in [0.29, 0.717) is 6.54 Å². The van der Waals surface area contributed by atoms with Crippen LogP contribution in [0.15, 0.2) is 17.4 Å². The van der Waals surface area contributed by atoms with E-state index in [-0.39, 0.29) is 12.3 Å². The third kappa shape index (κ3) is 5.04. The number of aromatic nitrogens is 2. The normalized spacial score (nSPS) is 12.1. The average Bonchev–Trinajstić information content (AvgIpc) is 2.34. The molecule has 0 amide bonds. The molecule has 0 spiro atoms. The molecule has 0 saturated carbocycles. The van der Waals surface area contributed by atoms with E-state index in [9.17, 15) is 4.79 Å². The van der Waals surface area contributed by atoms with Crippen LogP contribution in [-0.4, -0.2) is 33.8 Å². The second kappa shape index (κ2) is 7.11. The predicted octanol–water partition coefficient (Wildman–Crippen LogP) is 2.11. The minimum Gasteiger partial charge on any atom is -0.481 e. The third-order valence-corrected chi connectivity index (χ3v) is 3.11. The first-order chi connectivity index (χ1) is 8.15. The van der Waals surface area contributed by atoms with Crippen molar-refractivity contribution in [3.8, 4) is 0 Å². The topological polar surface area (TPSA) is 75.1 Å². The number of hydrogen-bond donors (Lipinski definition) is 2. The second-order valence-electron chi connectivity index (χ2n) is 3.70. The smallest absolute Gasteiger partial charge is 0.303 e. The van der Waals surface area contributed by atoms with E-state index in [4.69, 9.17) is 5.11 Å². The first-order valence-corrected chi connectivity index (χ1v) is 6.69. The van der Waals surface area contributed by atoms with E-state index in [1.54, 1.807) is 11.8 Å². The zero-order valence-corrected chi connectivity index (χ0v) is 10.8. The second-order valence-corrected chi connectivity index (χ2v) is 4.53. The Kier molecular flexibility index (Phi) is 5.76. The third-order valence-electron chi connectivity index (χ3n) is 2.46. The molecule has 94 valence electrons. The Morgan fingerprint density at radius 1 is 1.59 bits per heavy atom. The predicted molar refractivity (Wildman–Crippen MR) is 68.3 cm³/mol. The molecule has 0 aliphatic heterocycles. The van der Waals surface area contributed by atoms with Gasteiger partial charge in [-0.1, -0.05) is 13.3 Å². The summed E-state index contributed by atoms with van der Waals surface area (Å²) in [7, 11) is 0. The zero-order chi connectivity index (χ0) is 12.7. The van der Waals surface area contributed by atoms with Gasteiger partial charge in [0.05, 0.1) is 0 Å². The number of nitrogens with zero attached hydrogens (tertiary/aromatic N) is 2. The summed E-state index contributed by atoms with van der Waals surface area (Å²) in [6.07, 6.45) is 4.47. The van der Waals surface area contributed by atoms with Crippen molar-refractivity contribution < 1.29 is 9.90 Å². The highest BCUT2D eigenvalue weighted by molar-refractivity contribution is 7.98. The summed E-state index contributed by atoms with van der Waals surface area (Å²) in [5, 5.41) is 12.8. The molecule has 0 aromatic carbocycles. The monoisotopic (exact) mass is 255 g/mol. The number of aliphatic carboxylic acids is 1. The highest BCUT2D eigenvalue weighted by Crippen LogP contribution is 2.15. The maximum atomic E-state index is 10.6. The molecule has 0 aliphatic carbocycles. The van der Waals surface area contributed by atoms with Crippen LogP contribution in [0.3, 0.4) is 0 Å². The fourth-order valence-corrected chi connectivity index (χ4v) is 1.79. The highest BCUT2D eigenvalue weighted by Gasteiger charge is 2.11. The van der Waals surface area contributed by atoms with Gasteiger partial charge in [0.25, 0.3) is 0 Å². The van der Waals surface area contributed by atoms with Gasteiger partial charge < -0.3 is 10.4 Å². The summed E-state index contributed by atoms with van der Waals surface area (Å²) < 4.78 is 0. The van der Waals surface area contributed by atoms with Crippen molar-refractivity contribution in [1.82, 2.24) is 9.97 Å². The average molecular weight is 255 g/mol. The van der Waals surface area contributed by atoms with Crippen LogP contribution in [0.4, 0.5) is 5.82 Å². The van der Waals surface area contributed by atoms with Crippen molar-refractivity contribution in [3.05, 3.63) is 12.4 Å². The minimum atomic E-state index is -0.758. The maximum absolute atomic E-state index is 10.6. The highest BCUT2D eigenvalue weighted by atomic mass is 32.2. The molecule has 6 heteroatoms. The number of rotatable bonds is 7. The van der Waals surface area contributed by atoms with Crippen LogP contribution in [-0.2, 0) is 4.79 Å². The molecule has 17 heavy (non-hydrogen) atoms. The number of hydrogen-bond acceptors (Lipinski definition) is 5. The Morgan fingerprint density at radius 2 is 2.35 bits per heavy atom. The van der Waals surface area contributed by atoms with E-state index >= 15 is 0 Å². The fraction of sp³-hybridized carbons (Fsp3) is 0.545. The Labute approximate surface area is 105 Å². The number of carbonyl (C=O) groups is 1. The zero-order valence-electron chi connectivity index (χ0n) is 10.0. The van der Waals surface area contributed by atoms with E-state index in [1.165, 1.54) is 6.33 Å². The van der Waals surface area contributed by atoms with Gasteiger partial charge in [0.15, 0.2) is 0 Å². The molecule has 5 nitrogen and oxygen atoms in total. The number of anilines is 1. The van der Waals surface area contributed by atoms with Crippen LogP contribution in [0.2, 0.25) is 0 Å². The van der Waals surface area contributed by atoms with Gasteiger partial charge in [-0.3, -0.25) is 4.79 Å². The van der Waals surface area contributed by atoms with Gasteiger partial charge in [-0.2, -0.15) is 0 Å². The number of nitrogens with one attached hydrogen (secondary N) is 1. The first kappa shape index (κ1) is 13.8. The lowest BCUT2D eigenvalue weighted by atomic mass is 10.0. The molecule has 0 radical (unpaired) electrons. The molecular weight excluding hydrogens is 238 g/mol. The Bertz CT molecular complexity index is 373. The van der Waals surface area contributed by atoms with Crippen LogP contribution in [0, 0.1) is 5.92 Å². The lowest BCUT2D eigenvalue weighted by molar-refractivity contribution is -0.138. The lowest BCUT2D eigenvalue weighted by Crippen LogP contribution is -2.17. The minimum absolute atomic E-state index is 0.125. The lowest BCUT2D eigenvalue weighted by Gasteiger charge is -2.13. The molecule has 1 aromatic rings. The molecule has 1 heterocycles. The summed E-state index contributed by atoms with van der Waals surface area (Å²) in [6, 6.07) is 1.86. The van der Waals surface area contributed by atoms with Crippen molar-refractivity contribution in [1.29, 1.82) is 0 Å². The van der Waals surface area contributed by atoms with Gasteiger partial charge in [-0.25, -0.2) is 9.97 Å². The molecule has 1 atom stereocenters. The van der Waals surface area contributed by atoms with Crippen molar-refractivity contribution in [2.24, 2.45) is 5.92 Å². The molecule has 0 bridgehead atoms. The molecule has 1 rings (SSSR count). The Hall–Kier alpha value is -1.30. The number of carboxylic acids is 1. The molecule has 0 aliphatic rings. The largest absolute Gasteiger partial charge is 0.481 e. The number of carboxylic acid groups (broad SMARTS) is 1. The van der Waals surface area contributed by atoms with Gasteiger partial charge in [0, 0.05) is 19.0 Å². The van der Waals surface area contributed by atoms with Gasteiger partial charge >= 0.3 is 5.97 Å². The number of thioether (sulfide) groups is 1. The summed E-state index contributed by atoms with van der Waals surface area (Å²) in [5.74, 6) is 0.111. The van der Waals surface area contributed by atoms with Gasteiger partial charge in [-0.15, -0.1) is 11.8 Å². The molecule has 2 N–H and O–H groups in total. The SMILES string of the molecule is CCC(CNc1cc(SC)ncn1)CC(=O)O. The van der Waals surface area contributed by atoms with Crippen LogP contribution in [0.5, 0.6) is 0 Å². The van der Waals surface area contributed by atoms with Crippen LogP contribution < -0.4 is 5.32 Å². The van der Waals surface area contributed by atoms with Crippen molar-refractivity contribution in [2.45, 2.75) is 24.8 Å². The van der Waals surface area contributed by atoms with Crippen LogP contribution in [0.1, 0.15) is 19.8 Å². The Balaban J connectivity index is 2.50. The summed E-state index contributed by atoms with van der Waals surface area (Å²) in [6.45, 7) is 2.61. The van der Waals surface area contributed by atoms with Crippen LogP contribution in [0.25, 0.3) is 0 Å². The standard InChI is InChI=1S/C11H17N3O2S/c1-3-8(4-11(15)16)6-12-9-5-10(17-2)14-7-13-9/h5,7-8H,3-4,6H2,1-2H3,(H,15,16)(H,12,13,14). The Morgan fingerprint density at radius 3 is 2.94 bits per heavy atom. The van der Waals surface area contributed by atoms with E-state index in [0.717, 1.165) is 17.3 Å². The van der Waals surface area contributed by atoms with Crippen molar-refractivity contribution in [3.63, 3.8) is 0 Å². The first-order valence-electron chi connectivity index (χ1n) is 5.47. The van der Waals surface area contributed by atoms with Gasteiger partial charge in [0.2, 0.25) is 0 Å². The molecule has 1 unspecified atom stereocenters. The van der Waals surface area contributed by atoms with Crippen LogP contribution >= 0.6 is 11.8 Å². The maximum Gasteiger partial charge on any atom is 0.303 e. The molecule has 0 saturated heterocycles. The summed E-state index contributed by atoms with van der Waals surface area (Å²) in [5.41, 5.74) is 0. The quantitative estimate of drug-likeness (QED) is 0.574.